The van der Waals surface area contributed by atoms with Crippen molar-refractivity contribution in [3.05, 3.63) is 11.3 Å². The molecule has 104 valence electrons. The number of nitrogens with zero attached hydrogens (tertiary/aromatic N) is 2. The lowest BCUT2D eigenvalue weighted by atomic mass is 10.3. The number of aromatic amines is 1. The van der Waals surface area contributed by atoms with E-state index in [1.807, 2.05) is 13.8 Å². The summed E-state index contributed by atoms with van der Waals surface area (Å²) in [5.74, 6) is 0. The van der Waals surface area contributed by atoms with E-state index in [1.54, 1.807) is 6.92 Å². The summed E-state index contributed by atoms with van der Waals surface area (Å²) in [6.07, 6.45) is 1.80. The highest BCUT2D eigenvalue weighted by atomic mass is 32.2. The molecule has 1 aromatic rings. The minimum Gasteiger partial charge on any atom is -0.326 e. The van der Waals surface area contributed by atoms with Crippen molar-refractivity contribution in [1.82, 2.24) is 14.5 Å². The van der Waals surface area contributed by atoms with Gasteiger partial charge in [-0.1, -0.05) is 20.3 Å². The lowest BCUT2D eigenvalue weighted by molar-refractivity contribution is 0.416. The number of nitrogens with two attached hydrogens (primary N) is 1. The molecule has 0 spiro atoms. The lowest BCUT2D eigenvalue weighted by Gasteiger charge is -2.19. The van der Waals surface area contributed by atoms with Crippen LogP contribution in [0, 0.1) is 6.92 Å². The van der Waals surface area contributed by atoms with Crippen LogP contribution < -0.4 is 5.73 Å². The minimum atomic E-state index is -3.53. The standard InChI is InChI=1S/C11H22N4O2S/c1-4-6-7-15(5-2)18(16,17)11-10(8-12)9(3)13-14-11/h4-8,12H2,1-3H3,(H,13,14). The van der Waals surface area contributed by atoms with Gasteiger partial charge in [0.1, 0.15) is 0 Å². The molecule has 0 radical (unpaired) electrons. The molecule has 1 rings (SSSR count). The maximum Gasteiger partial charge on any atom is 0.262 e. The Hall–Kier alpha value is -0.920. The van der Waals surface area contributed by atoms with Gasteiger partial charge in [-0.05, 0) is 13.3 Å². The Labute approximate surface area is 109 Å². The minimum absolute atomic E-state index is 0.0699. The Balaban J connectivity index is 3.10. The van der Waals surface area contributed by atoms with Crippen LogP contribution in [0.5, 0.6) is 0 Å². The first-order valence-electron chi connectivity index (χ1n) is 6.23. The van der Waals surface area contributed by atoms with Gasteiger partial charge >= 0.3 is 0 Å². The summed E-state index contributed by atoms with van der Waals surface area (Å²) in [6, 6.07) is 0. The zero-order chi connectivity index (χ0) is 13.8. The highest BCUT2D eigenvalue weighted by molar-refractivity contribution is 7.89. The van der Waals surface area contributed by atoms with Crippen LogP contribution in [0.4, 0.5) is 0 Å². The fourth-order valence-corrected chi connectivity index (χ4v) is 3.45. The van der Waals surface area contributed by atoms with Gasteiger partial charge in [-0.15, -0.1) is 0 Å². The zero-order valence-corrected chi connectivity index (χ0v) is 12.0. The molecule has 7 heteroatoms. The van der Waals surface area contributed by atoms with Gasteiger partial charge < -0.3 is 5.73 Å². The molecule has 0 amide bonds. The Morgan fingerprint density at radius 3 is 2.56 bits per heavy atom. The van der Waals surface area contributed by atoms with Crippen LogP contribution in [0.2, 0.25) is 0 Å². The smallest absolute Gasteiger partial charge is 0.262 e. The van der Waals surface area contributed by atoms with E-state index in [4.69, 9.17) is 5.73 Å². The van der Waals surface area contributed by atoms with Gasteiger partial charge in [0.15, 0.2) is 5.03 Å². The maximum atomic E-state index is 12.5. The van der Waals surface area contributed by atoms with Crippen LogP contribution in [0.15, 0.2) is 5.03 Å². The summed E-state index contributed by atoms with van der Waals surface area (Å²) in [7, 11) is -3.53. The van der Waals surface area contributed by atoms with Gasteiger partial charge in [0, 0.05) is 30.9 Å². The molecule has 0 saturated carbocycles. The molecule has 0 aliphatic carbocycles. The van der Waals surface area contributed by atoms with Crippen LogP contribution in [-0.4, -0.2) is 36.0 Å². The fourth-order valence-electron chi connectivity index (χ4n) is 1.79. The van der Waals surface area contributed by atoms with Gasteiger partial charge in [0.05, 0.1) is 0 Å². The number of nitrogens with one attached hydrogen (secondary N) is 1. The molecule has 0 aromatic carbocycles. The predicted molar refractivity (Wildman–Crippen MR) is 70.6 cm³/mol. The Bertz CT molecular complexity index is 481. The quantitative estimate of drug-likeness (QED) is 0.775. The third-order valence-electron chi connectivity index (χ3n) is 2.94. The largest absolute Gasteiger partial charge is 0.326 e. The molecule has 0 fully saturated rings. The van der Waals surface area contributed by atoms with E-state index in [-0.39, 0.29) is 11.6 Å². The van der Waals surface area contributed by atoms with Crippen molar-refractivity contribution in [2.45, 2.75) is 45.2 Å². The van der Waals surface area contributed by atoms with Crippen molar-refractivity contribution in [2.24, 2.45) is 5.73 Å². The van der Waals surface area contributed by atoms with Gasteiger partial charge in [-0.2, -0.15) is 9.40 Å². The summed E-state index contributed by atoms with van der Waals surface area (Å²) in [4.78, 5) is 0. The van der Waals surface area contributed by atoms with E-state index in [2.05, 4.69) is 10.2 Å². The van der Waals surface area contributed by atoms with Crippen molar-refractivity contribution in [2.75, 3.05) is 13.1 Å². The Kier molecular flexibility index (Phi) is 5.30. The van der Waals surface area contributed by atoms with Gasteiger partial charge in [-0.3, -0.25) is 5.10 Å². The third kappa shape index (κ3) is 2.90. The van der Waals surface area contributed by atoms with Gasteiger partial charge in [0.25, 0.3) is 10.0 Å². The van der Waals surface area contributed by atoms with E-state index < -0.39 is 10.0 Å². The molecular weight excluding hydrogens is 252 g/mol. The Morgan fingerprint density at radius 1 is 1.39 bits per heavy atom. The monoisotopic (exact) mass is 274 g/mol. The second-order valence-electron chi connectivity index (χ2n) is 4.19. The van der Waals surface area contributed by atoms with Crippen molar-refractivity contribution in [3.8, 4) is 0 Å². The van der Waals surface area contributed by atoms with Gasteiger partial charge in [-0.25, -0.2) is 8.42 Å². The number of H-pyrrole nitrogens is 1. The maximum absolute atomic E-state index is 12.5. The van der Waals surface area contributed by atoms with Crippen LogP contribution >= 0.6 is 0 Å². The molecule has 0 aliphatic rings. The van der Waals surface area contributed by atoms with Crippen LogP contribution in [0.3, 0.4) is 0 Å². The topological polar surface area (TPSA) is 92.1 Å². The molecule has 3 N–H and O–H groups in total. The van der Waals surface area contributed by atoms with E-state index in [0.717, 1.165) is 12.8 Å². The summed E-state index contributed by atoms with van der Waals surface area (Å²) in [5.41, 5.74) is 6.88. The first kappa shape index (κ1) is 15.1. The van der Waals surface area contributed by atoms with E-state index >= 15 is 0 Å². The number of hydrogen-bond donors (Lipinski definition) is 2. The van der Waals surface area contributed by atoms with E-state index in [9.17, 15) is 8.42 Å². The predicted octanol–water partition coefficient (Wildman–Crippen LogP) is 0.988. The lowest BCUT2D eigenvalue weighted by Crippen LogP contribution is -2.32. The molecule has 18 heavy (non-hydrogen) atoms. The molecule has 1 aromatic heterocycles. The molecule has 0 unspecified atom stereocenters. The number of unbranched alkanes of at least 4 members (excludes halogenated alkanes) is 1. The van der Waals surface area contributed by atoms with Crippen molar-refractivity contribution < 1.29 is 8.42 Å². The van der Waals surface area contributed by atoms with Gasteiger partial charge in [0.2, 0.25) is 0 Å². The zero-order valence-electron chi connectivity index (χ0n) is 11.2. The summed E-state index contributed by atoms with van der Waals surface area (Å²) >= 11 is 0. The second-order valence-corrected chi connectivity index (χ2v) is 6.04. The van der Waals surface area contributed by atoms with Crippen LogP contribution in [0.1, 0.15) is 37.9 Å². The average Bonchev–Trinajstić information content (AvgIpc) is 2.71. The molecule has 6 nitrogen and oxygen atoms in total. The fraction of sp³-hybridized carbons (Fsp3) is 0.727. The number of aromatic nitrogens is 2. The molecular formula is C11H22N4O2S. The van der Waals surface area contributed by atoms with Crippen LogP contribution in [0.25, 0.3) is 0 Å². The third-order valence-corrected chi connectivity index (χ3v) is 4.89. The van der Waals surface area contributed by atoms with Crippen LogP contribution in [-0.2, 0) is 16.6 Å². The first-order valence-corrected chi connectivity index (χ1v) is 7.67. The first-order chi connectivity index (χ1) is 8.48. The van der Waals surface area contributed by atoms with Crippen molar-refractivity contribution in [3.63, 3.8) is 0 Å². The normalized spacial score (nSPS) is 12.3. The SMILES string of the molecule is CCCCN(CC)S(=O)(=O)c1n[nH]c(C)c1CN. The highest BCUT2D eigenvalue weighted by Gasteiger charge is 2.28. The molecule has 0 saturated heterocycles. The number of hydrogen-bond acceptors (Lipinski definition) is 4. The van der Waals surface area contributed by atoms with Crippen molar-refractivity contribution >= 4 is 10.0 Å². The summed E-state index contributed by atoms with van der Waals surface area (Å²) in [5, 5.41) is 6.66. The Morgan fingerprint density at radius 2 is 2.06 bits per heavy atom. The summed E-state index contributed by atoms with van der Waals surface area (Å²) in [6.45, 7) is 6.77. The second kappa shape index (κ2) is 6.31. The molecule has 0 aliphatic heterocycles. The van der Waals surface area contributed by atoms with Crippen molar-refractivity contribution in [1.29, 1.82) is 0 Å². The molecule has 1 heterocycles. The van der Waals surface area contributed by atoms with E-state index in [0.29, 0.717) is 24.3 Å². The number of aryl methyl sites for hydroxylation is 1. The molecule has 0 bridgehead atoms. The molecule has 0 atom stereocenters. The number of rotatable bonds is 7. The van der Waals surface area contributed by atoms with E-state index in [1.165, 1.54) is 4.31 Å². The number of sulfonamides is 1. The highest BCUT2D eigenvalue weighted by Crippen LogP contribution is 2.20. The summed E-state index contributed by atoms with van der Waals surface area (Å²) < 4.78 is 26.4. The average molecular weight is 274 g/mol.